The number of amides is 1. The van der Waals surface area contributed by atoms with E-state index in [1.807, 2.05) is 35.2 Å². The third kappa shape index (κ3) is 6.35. The van der Waals surface area contributed by atoms with E-state index in [1.54, 1.807) is 18.7 Å². The highest BCUT2D eigenvalue weighted by atomic mass is 32.1. The van der Waals surface area contributed by atoms with Crippen molar-refractivity contribution in [3.05, 3.63) is 47.3 Å². The lowest BCUT2D eigenvalue weighted by Gasteiger charge is -2.36. The quantitative estimate of drug-likeness (QED) is 0.390. The highest BCUT2D eigenvalue weighted by Crippen LogP contribution is 2.14. The van der Waals surface area contributed by atoms with E-state index >= 15 is 0 Å². The van der Waals surface area contributed by atoms with Crippen molar-refractivity contribution in [2.45, 2.75) is 20.4 Å². The van der Waals surface area contributed by atoms with Crippen molar-refractivity contribution in [2.24, 2.45) is 5.73 Å². The molecular weight excluding hydrogens is 392 g/mol. The summed E-state index contributed by atoms with van der Waals surface area (Å²) in [5, 5.41) is 3.08. The first-order chi connectivity index (χ1) is 14.0. The van der Waals surface area contributed by atoms with Gasteiger partial charge in [0.15, 0.2) is 0 Å². The number of nitrogens with two attached hydrogens (primary N) is 1. The van der Waals surface area contributed by atoms with Crippen molar-refractivity contribution in [3.8, 4) is 0 Å². The number of nitrogens with one attached hydrogen (secondary N) is 1. The predicted molar refractivity (Wildman–Crippen MR) is 114 cm³/mol. The molecule has 0 saturated carbocycles. The maximum Gasteiger partial charge on any atom is 0.409 e. The van der Waals surface area contributed by atoms with Crippen LogP contribution in [-0.4, -0.2) is 66.2 Å². The number of carbonyl (C=O) groups excluding carboxylic acids is 2. The van der Waals surface area contributed by atoms with Crippen LogP contribution in [0.5, 0.6) is 0 Å². The second kappa shape index (κ2) is 11.3. The molecule has 1 heterocycles. The summed E-state index contributed by atoms with van der Waals surface area (Å²) < 4.78 is 10.2. The Bertz CT molecular complexity index is 746. The number of hydrogen-bond acceptors (Lipinski definition) is 7. The number of esters is 1. The van der Waals surface area contributed by atoms with Crippen LogP contribution >= 0.6 is 12.2 Å². The molecule has 1 aliphatic rings. The number of rotatable bonds is 7. The molecule has 0 spiro atoms. The van der Waals surface area contributed by atoms with E-state index in [0.717, 1.165) is 5.56 Å². The summed E-state index contributed by atoms with van der Waals surface area (Å²) in [7, 11) is 0. The third-order valence-electron chi connectivity index (χ3n) is 4.41. The molecule has 0 unspecified atom stereocenters. The molecular formula is C20H28N4O4S. The predicted octanol–water partition coefficient (Wildman–Crippen LogP) is 1.61. The topological polar surface area (TPSA) is 97.1 Å². The van der Waals surface area contributed by atoms with Gasteiger partial charge in [0, 0.05) is 32.7 Å². The van der Waals surface area contributed by atoms with Gasteiger partial charge in [-0.05, 0) is 19.4 Å². The van der Waals surface area contributed by atoms with Crippen molar-refractivity contribution < 1.29 is 19.1 Å². The molecule has 29 heavy (non-hydrogen) atoms. The first kappa shape index (κ1) is 22.5. The van der Waals surface area contributed by atoms with Gasteiger partial charge in [-0.1, -0.05) is 42.5 Å². The Morgan fingerprint density at radius 2 is 1.62 bits per heavy atom. The molecule has 1 amide bonds. The van der Waals surface area contributed by atoms with Gasteiger partial charge in [0.05, 0.1) is 13.2 Å². The van der Waals surface area contributed by atoms with E-state index in [0.29, 0.717) is 39.3 Å². The zero-order valence-corrected chi connectivity index (χ0v) is 17.7. The number of ether oxygens (including phenoxy) is 2. The minimum absolute atomic E-state index is 0.141. The van der Waals surface area contributed by atoms with Crippen LogP contribution in [0.1, 0.15) is 19.4 Å². The van der Waals surface area contributed by atoms with E-state index in [9.17, 15) is 9.59 Å². The van der Waals surface area contributed by atoms with Crippen molar-refractivity contribution in [1.29, 1.82) is 0 Å². The van der Waals surface area contributed by atoms with E-state index < -0.39 is 5.97 Å². The number of hydrogen-bond donors (Lipinski definition) is 2. The Morgan fingerprint density at radius 3 is 2.21 bits per heavy atom. The molecule has 2 rings (SSSR count). The van der Waals surface area contributed by atoms with Gasteiger partial charge in [-0.2, -0.15) is 0 Å². The average molecular weight is 421 g/mol. The van der Waals surface area contributed by atoms with Crippen LogP contribution in [0.25, 0.3) is 0 Å². The highest BCUT2D eigenvalue weighted by Gasteiger charge is 2.27. The summed E-state index contributed by atoms with van der Waals surface area (Å²) in [6.45, 7) is 6.33. The van der Waals surface area contributed by atoms with Gasteiger partial charge in [0.25, 0.3) is 0 Å². The number of nitrogens with zero attached hydrogens (tertiary/aromatic N) is 2. The van der Waals surface area contributed by atoms with Crippen LogP contribution < -0.4 is 11.1 Å². The molecule has 9 heteroatoms. The minimum Gasteiger partial charge on any atom is -0.462 e. The van der Waals surface area contributed by atoms with Gasteiger partial charge in [-0.3, -0.25) is 0 Å². The monoisotopic (exact) mass is 420 g/mol. The SMILES string of the molecule is CCOC(=O)/C(C(=S)NCc1ccccc1)=C(/N)N1CCN(C(=O)OCC)CC1. The lowest BCUT2D eigenvalue weighted by atomic mass is 10.2. The Hall–Kier alpha value is -2.81. The summed E-state index contributed by atoms with van der Waals surface area (Å²) in [4.78, 5) is 28.1. The number of benzene rings is 1. The second-order valence-corrected chi connectivity index (χ2v) is 6.73. The molecule has 1 aromatic carbocycles. The van der Waals surface area contributed by atoms with Crippen LogP contribution in [-0.2, 0) is 20.8 Å². The van der Waals surface area contributed by atoms with Crippen molar-refractivity contribution in [3.63, 3.8) is 0 Å². The maximum absolute atomic E-state index is 12.5. The zero-order valence-electron chi connectivity index (χ0n) is 16.8. The lowest BCUT2D eigenvalue weighted by Crippen LogP contribution is -2.50. The van der Waals surface area contributed by atoms with E-state index in [1.165, 1.54) is 0 Å². The van der Waals surface area contributed by atoms with Gasteiger partial charge in [-0.25, -0.2) is 9.59 Å². The van der Waals surface area contributed by atoms with Crippen LogP contribution in [0.2, 0.25) is 0 Å². The van der Waals surface area contributed by atoms with Crippen LogP contribution in [0, 0.1) is 0 Å². The molecule has 1 fully saturated rings. The Morgan fingerprint density at radius 1 is 1.03 bits per heavy atom. The Kier molecular flexibility index (Phi) is 8.72. The second-order valence-electron chi connectivity index (χ2n) is 6.32. The largest absolute Gasteiger partial charge is 0.462 e. The maximum atomic E-state index is 12.5. The van der Waals surface area contributed by atoms with E-state index in [-0.39, 0.29) is 29.1 Å². The van der Waals surface area contributed by atoms with Crippen LogP contribution in [0.15, 0.2) is 41.7 Å². The van der Waals surface area contributed by atoms with Gasteiger partial charge in [0.1, 0.15) is 16.4 Å². The van der Waals surface area contributed by atoms with Crippen molar-refractivity contribution in [1.82, 2.24) is 15.1 Å². The molecule has 3 N–H and O–H groups in total. The summed E-state index contributed by atoms with van der Waals surface area (Å²) in [5.74, 6) is -0.319. The Balaban J connectivity index is 2.10. The molecule has 0 bridgehead atoms. The molecule has 0 aromatic heterocycles. The van der Waals surface area contributed by atoms with Crippen LogP contribution in [0.4, 0.5) is 4.79 Å². The average Bonchev–Trinajstić information content (AvgIpc) is 2.73. The molecule has 1 saturated heterocycles. The van der Waals surface area contributed by atoms with Crippen LogP contribution in [0.3, 0.4) is 0 Å². The van der Waals surface area contributed by atoms with Gasteiger partial charge in [-0.15, -0.1) is 0 Å². The summed E-state index contributed by atoms with van der Waals surface area (Å²) in [6.07, 6.45) is -0.347. The zero-order chi connectivity index (χ0) is 21.2. The van der Waals surface area contributed by atoms with Gasteiger partial charge < -0.3 is 30.3 Å². The smallest absolute Gasteiger partial charge is 0.409 e. The summed E-state index contributed by atoms with van der Waals surface area (Å²) in [5.41, 5.74) is 7.49. The summed E-state index contributed by atoms with van der Waals surface area (Å²) >= 11 is 5.45. The first-order valence-corrected chi connectivity index (χ1v) is 10.0. The summed E-state index contributed by atoms with van der Waals surface area (Å²) in [6, 6.07) is 9.71. The fourth-order valence-corrected chi connectivity index (χ4v) is 3.15. The van der Waals surface area contributed by atoms with E-state index in [4.69, 9.17) is 27.4 Å². The van der Waals surface area contributed by atoms with E-state index in [2.05, 4.69) is 5.32 Å². The van der Waals surface area contributed by atoms with Crippen molar-refractivity contribution in [2.75, 3.05) is 39.4 Å². The Labute approximate surface area is 176 Å². The standard InChI is InChI=1S/C20H28N4O4S/c1-3-27-19(25)16(18(29)22-14-15-8-6-5-7-9-15)17(21)23-10-12-24(13-11-23)20(26)28-4-2/h5-9H,3-4,10-14,21H2,1-2H3,(H,22,29)/b17-16-. The van der Waals surface area contributed by atoms with Gasteiger partial charge >= 0.3 is 12.1 Å². The number of carbonyl (C=O) groups is 2. The molecule has 1 aromatic rings. The number of piperazine rings is 1. The molecule has 1 aliphatic heterocycles. The third-order valence-corrected chi connectivity index (χ3v) is 4.75. The number of thiocarbonyl (C=S) groups is 1. The first-order valence-electron chi connectivity index (χ1n) is 9.63. The lowest BCUT2D eigenvalue weighted by molar-refractivity contribution is -0.138. The fraction of sp³-hybridized carbons (Fsp3) is 0.450. The molecule has 158 valence electrons. The normalized spacial score (nSPS) is 14.7. The highest BCUT2D eigenvalue weighted by molar-refractivity contribution is 7.80. The molecule has 0 atom stereocenters. The van der Waals surface area contributed by atoms with Gasteiger partial charge in [0.2, 0.25) is 0 Å². The molecule has 8 nitrogen and oxygen atoms in total. The minimum atomic E-state index is -0.566. The molecule has 0 radical (unpaired) electrons. The van der Waals surface area contributed by atoms with Crippen molar-refractivity contribution >= 4 is 29.3 Å². The molecule has 0 aliphatic carbocycles. The fourth-order valence-electron chi connectivity index (χ4n) is 2.89.